The van der Waals surface area contributed by atoms with Crippen molar-refractivity contribution < 1.29 is 4.79 Å². The molecule has 2 saturated heterocycles. The number of piperidine rings is 1. The zero-order chi connectivity index (χ0) is 17.1. The van der Waals surface area contributed by atoms with Gasteiger partial charge in [0.05, 0.1) is 6.67 Å². The Kier molecular flexibility index (Phi) is 4.45. The van der Waals surface area contributed by atoms with Crippen molar-refractivity contribution in [2.24, 2.45) is 0 Å². The molecule has 2 aromatic carbocycles. The molecule has 2 aliphatic heterocycles. The number of nitrogens with zero attached hydrogens (tertiary/aromatic N) is 2. The molecule has 4 nitrogen and oxygen atoms in total. The lowest BCUT2D eigenvalue weighted by atomic mass is 9.87. The number of nitrogens with one attached hydrogen (secondary N) is 1. The minimum atomic E-state index is -0.420. The van der Waals surface area contributed by atoms with E-state index in [9.17, 15) is 4.79 Å². The maximum absolute atomic E-state index is 12.8. The quantitative estimate of drug-likeness (QED) is 0.933. The average molecular weight is 335 g/mol. The number of anilines is 1. The summed E-state index contributed by atoms with van der Waals surface area (Å²) in [6.07, 6.45) is 3.02. The lowest BCUT2D eigenvalue weighted by Crippen LogP contribution is -2.60. The van der Waals surface area contributed by atoms with E-state index in [0.29, 0.717) is 6.67 Å². The Morgan fingerprint density at radius 3 is 2.48 bits per heavy atom. The molecule has 25 heavy (non-hydrogen) atoms. The first-order valence-electron chi connectivity index (χ1n) is 9.15. The number of hydrogen-bond donors (Lipinski definition) is 1. The fourth-order valence-corrected chi connectivity index (χ4v) is 4.19. The van der Waals surface area contributed by atoms with Crippen LogP contribution >= 0.6 is 0 Å². The highest BCUT2D eigenvalue weighted by molar-refractivity contribution is 5.93. The first kappa shape index (κ1) is 16.2. The van der Waals surface area contributed by atoms with Crippen LogP contribution in [-0.4, -0.2) is 42.6 Å². The largest absolute Gasteiger partial charge is 0.338 e. The van der Waals surface area contributed by atoms with Crippen molar-refractivity contribution in [3.05, 3.63) is 66.2 Å². The van der Waals surface area contributed by atoms with E-state index >= 15 is 0 Å². The highest BCUT2D eigenvalue weighted by Gasteiger charge is 2.50. The fourth-order valence-electron chi connectivity index (χ4n) is 4.19. The molecule has 1 amide bonds. The summed E-state index contributed by atoms with van der Waals surface area (Å²) in [5, 5.41) is 3.08. The molecular weight excluding hydrogens is 310 g/mol. The molecule has 2 heterocycles. The Morgan fingerprint density at radius 1 is 1.00 bits per heavy atom. The van der Waals surface area contributed by atoms with Crippen LogP contribution in [0.2, 0.25) is 0 Å². The SMILES string of the molecule is O=C1NCN(c2ccccc2)[C@@]12CCCN(CCc1ccccc1)C2. The van der Waals surface area contributed by atoms with E-state index in [1.165, 1.54) is 5.56 Å². The van der Waals surface area contributed by atoms with Gasteiger partial charge in [0, 0.05) is 18.8 Å². The Hall–Kier alpha value is -2.33. The van der Waals surface area contributed by atoms with Gasteiger partial charge >= 0.3 is 0 Å². The Labute approximate surface area is 149 Å². The smallest absolute Gasteiger partial charge is 0.248 e. The minimum Gasteiger partial charge on any atom is -0.338 e. The predicted octanol–water partition coefficient (Wildman–Crippen LogP) is 2.66. The highest BCUT2D eigenvalue weighted by Crippen LogP contribution is 2.35. The van der Waals surface area contributed by atoms with E-state index in [2.05, 4.69) is 57.6 Å². The van der Waals surface area contributed by atoms with Gasteiger partial charge in [-0.25, -0.2) is 0 Å². The lowest BCUT2D eigenvalue weighted by Gasteiger charge is -2.44. The molecule has 0 aliphatic carbocycles. The van der Waals surface area contributed by atoms with Crippen LogP contribution in [0.4, 0.5) is 5.69 Å². The van der Waals surface area contributed by atoms with Crippen molar-refractivity contribution in [2.75, 3.05) is 31.2 Å². The molecule has 0 saturated carbocycles. The third kappa shape index (κ3) is 3.14. The first-order chi connectivity index (χ1) is 12.3. The number of likely N-dealkylation sites (tertiary alicyclic amines) is 1. The van der Waals surface area contributed by atoms with Gasteiger partial charge in [0.25, 0.3) is 0 Å². The van der Waals surface area contributed by atoms with Crippen molar-refractivity contribution in [1.29, 1.82) is 0 Å². The molecule has 0 bridgehead atoms. The summed E-state index contributed by atoms with van der Waals surface area (Å²) >= 11 is 0. The third-order valence-electron chi connectivity index (χ3n) is 5.51. The van der Waals surface area contributed by atoms with Crippen LogP contribution in [0.5, 0.6) is 0 Å². The van der Waals surface area contributed by atoms with Crippen LogP contribution in [0.3, 0.4) is 0 Å². The van der Waals surface area contributed by atoms with E-state index < -0.39 is 5.54 Å². The summed E-state index contributed by atoms with van der Waals surface area (Å²) < 4.78 is 0. The van der Waals surface area contributed by atoms with Crippen LogP contribution in [0, 0.1) is 0 Å². The number of amides is 1. The molecule has 2 fully saturated rings. The number of carbonyl (C=O) groups excluding carboxylic acids is 1. The van der Waals surface area contributed by atoms with Crippen molar-refractivity contribution in [3.63, 3.8) is 0 Å². The first-order valence-corrected chi connectivity index (χ1v) is 9.15. The molecule has 1 spiro atoms. The second-order valence-corrected chi connectivity index (χ2v) is 7.07. The molecule has 130 valence electrons. The maximum Gasteiger partial charge on any atom is 0.248 e. The van der Waals surface area contributed by atoms with E-state index in [-0.39, 0.29) is 5.91 Å². The van der Waals surface area contributed by atoms with E-state index in [1.807, 2.05) is 18.2 Å². The maximum atomic E-state index is 12.8. The molecule has 1 atom stereocenters. The van der Waals surface area contributed by atoms with Gasteiger partial charge in [0.2, 0.25) is 5.91 Å². The van der Waals surface area contributed by atoms with Gasteiger partial charge < -0.3 is 15.1 Å². The monoisotopic (exact) mass is 335 g/mol. The summed E-state index contributed by atoms with van der Waals surface area (Å²) in [6.45, 7) is 3.49. The van der Waals surface area contributed by atoms with Gasteiger partial charge in [0.15, 0.2) is 0 Å². The summed E-state index contributed by atoms with van der Waals surface area (Å²) in [7, 11) is 0. The molecule has 4 rings (SSSR count). The molecule has 1 N–H and O–H groups in total. The van der Waals surface area contributed by atoms with Gasteiger partial charge in [-0.2, -0.15) is 0 Å². The number of para-hydroxylation sites is 1. The van der Waals surface area contributed by atoms with E-state index in [4.69, 9.17) is 0 Å². The molecule has 0 radical (unpaired) electrons. The molecule has 0 unspecified atom stereocenters. The average Bonchev–Trinajstić information content (AvgIpc) is 2.97. The summed E-state index contributed by atoms with van der Waals surface area (Å²) in [5.74, 6) is 0.181. The number of hydrogen-bond acceptors (Lipinski definition) is 3. The van der Waals surface area contributed by atoms with Gasteiger partial charge in [-0.3, -0.25) is 4.79 Å². The van der Waals surface area contributed by atoms with Gasteiger partial charge in [-0.05, 0) is 43.5 Å². The standard InChI is InChI=1S/C21H25N3O/c25-20-21(24(17-22-20)19-10-5-2-6-11-19)13-7-14-23(16-21)15-12-18-8-3-1-4-9-18/h1-6,8-11H,7,12-17H2,(H,22,25)/t21-/m1/s1. The number of carbonyl (C=O) groups is 1. The van der Waals surface area contributed by atoms with Crippen molar-refractivity contribution in [1.82, 2.24) is 10.2 Å². The van der Waals surface area contributed by atoms with E-state index in [0.717, 1.165) is 44.6 Å². The fraction of sp³-hybridized carbons (Fsp3) is 0.381. The van der Waals surface area contributed by atoms with Crippen LogP contribution in [0.1, 0.15) is 18.4 Å². The highest BCUT2D eigenvalue weighted by atomic mass is 16.2. The Balaban J connectivity index is 1.50. The summed E-state index contributed by atoms with van der Waals surface area (Å²) in [4.78, 5) is 17.5. The molecule has 2 aliphatic rings. The van der Waals surface area contributed by atoms with Gasteiger partial charge in [-0.1, -0.05) is 48.5 Å². The molecule has 4 heteroatoms. The topological polar surface area (TPSA) is 35.6 Å². The number of rotatable bonds is 4. The number of benzene rings is 2. The van der Waals surface area contributed by atoms with Gasteiger partial charge in [-0.15, -0.1) is 0 Å². The Bertz CT molecular complexity index is 718. The molecule has 0 aromatic heterocycles. The van der Waals surface area contributed by atoms with Gasteiger partial charge in [0.1, 0.15) is 5.54 Å². The van der Waals surface area contributed by atoms with Crippen LogP contribution in [-0.2, 0) is 11.2 Å². The minimum absolute atomic E-state index is 0.181. The van der Waals surface area contributed by atoms with Crippen molar-refractivity contribution in [2.45, 2.75) is 24.8 Å². The second-order valence-electron chi connectivity index (χ2n) is 7.07. The molecule has 2 aromatic rings. The zero-order valence-corrected chi connectivity index (χ0v) is 14.5. The molecular formula is C21H25N3O. The van der Waals surface area contributed by atoms with Crippen LogP contribution in [0.25, 0.3) is 0 Å². The van der Waals surface area contributed by atoms with Crippen LogP contribution < -0.4 is 10.2 Å². The Morgan fingerprint density at radius 2 is 1.72 bits per heavy atom. The predicted molar refractivity (Wildman–Crippen MR) is 100 cm³/mol. The lowest BCUT2D eigenvalue weighted by molar-refractivity contribution is -0.125. The van der Waals surface area contributed by atoms with Crippen molar-refractivity contribution >= 4 is 11.6 Å². The third-order valence-corrected chi connectivity index (χ3v) is 5.51. The zero-order valence-electron chi connectivity index (χ0n) is 14.5. The van der Waals surface area contributed by atoms with E-state index in [1.54, 1.807) is 0 Å². The summed E-state index contributed by atoms with van der Waals surface area (Å²) in [6, 6.07) is 20.9. The summed E-state index contributed by atoms with van der Waals surface area (Å²) in [5.41, 5.74) is 2.07. The normalized spacial score (nSPS) is 23.8. The van der Waals surface area contributed by atoms with Crippen molar-refractivity contribution in [3.8, 4) is 0 Å². The van der Waals surface area contributed by atoms with Crippen LogP contribution in [0.15, 0.2) is 60.7 Å². The second kappa shape index (κ2) is 6.89.